The molecular weight excluding hydrogens is 792 g/mol. The number of allylic oxidation sites excluding steroid dienone is 2. The fraction of sp³-hybridized carbons (Fsp3) is 0.273. The summed E-state index contributed by atoms with van der Waals surface area (Å²) in [6.07, 6.45) is 1.78. The van der Waals surface area contributed by atoms with Gasteiger partial charge in [-0.2, -0.15) is 0 Å². The molecule has 1 aliphatic carbocycles. The minimum atomic E-state index is -1.55. The van der Waals surface area contributed by atoms with Crippen LogP contribution >= 0.6 is 11.6 Å². The standard InChI is InChI=1S/C44H39ClN6O9/c1-47-33-23-37(60-4)36(59-3)22-31(33)46-30(40(47)54)16-17-48-42(56)49-18-15-28-32(51(49)43(48)57)21-29-39(53)50(27-12-8-11-26(45)20-27)41(55)44(29,25-9-6-5-7-10-25)38(28)24-13-14-35(58-2)34(52)19-24/h5-15,19-20,22-23,29,32,38,52H,16-18,21H2,1-4H3/t29-,32+,38-,44+/m0/s1. The van der Waals surface area contributed by atoms with Crippen molar-refractivity contribution in [3.63, 3.8) is 0 Å². The molecular formula is C44H39ClN6O9. The summed E-state index contributed by atoms with van der Waals surface area (Å²) >= 11 is 6.41. The number of aryl methyl sites for hydroxylation is 2. The summed E-state index contributed by atoms with van der Waals surface area (Å²) < 4.78 is 21.4. The van der Waals surface area contributed by atoms with Crippen LogP contribution in [0, 0.1) is 5.92 Å². The van der Waals surface area contributed by atoms with Crippen molar-refractivity contribution < 1.29 is 28.9 Å². The number of benzene rings is 4. The zero-order chi connectivity index (χ0) is 42.2. The van der Waals surface area contributed by atoms with Crippen molar-refractivity contribution in [2.75, 3.05) is 26.2 Å². The van der Waals surface area contributed by atoms with E-state index in [1.807, 2.05) is 24.3 Å². The molecule has 0 bridgehead atoms. The number of amides is 2. The van der Waals surface area contributed by atoms with Gasteiger partial charge in [0.15, 0.2) is 23.0 Å². The third-order valence-corrected chi connectivity index (χ3v) is 12.5. The number of carbonyl (C=O) groups is 2. The van der Waals surface area contributed by atoms with E-state index in [2.05, 4.69) is 4.98 Å². The monoisotopic (exact) mass is 830 g/mol. The van der Waals surface area contributed by atoms with Gasteiger partial charge in [-0.25, -0.2) is 33.4 Å². The van der Waals surface area contributed by atoms with E-state index in [1.54, 1.807) is 67.7 Å². The Labute approximate surface area is 346 Å². The van der Waals surface area contributed by atoms with Crippen LogP contribution in [-0.2, 0) is 41.6 Å². The van der Waals surface area contributed by atoms with E-state index in [0.717, 1.165) is 4.57 Å². The van der Waals surface area contributed by atoms with Crippen LogP contribution in [0.3, 0.4) is 0 Å². The highest BCUT2D eigenvalue weighted by Crippen LogP contribution is 2.62. The van der Waals surface area contributed by atoms with E-state index in [-0.39, 0.29) is 43.1 Å². The lowest BCUT2D eigenvalue weighted by molar-refractivity contribution is -0.124. The Morgan fingerprint density at radius 3 is 2.28 bits per heavy atom. The number of aromatic nitrogens is 5. The van der Waals surface area contributed by atoms with Crippen molar-refractivity contribution in [2.24, 2.45) is 13.0 Å². The molecule has 2 fully saturated rings. The number of rotatable bonds is 9. The molecule has 0 radical (unpaired) electrons. The first kappa shape index (κ1) is 38.6. The molecule has 16 heteroatoms. The second-order valence-corrected chi connectivity index (χ2v) is 15.5. The number of phenols is 1. The highest BCUT2D eigenvalue weighted by Gasteiger charge is 2.68. The van der Waals surface area contributed by atoms with Gasteiger partial charge in [0.25, 0.3) is 5.56 Å². The predicted molar refractivity (Wildman–Crippen MR) is 221 cm³/mol. The third-order valence-electron chi connectivity index (χ3n) is 12.3. The molecule has 1 N–H and O–H groups in total. The number of anilines is 1. The maximum absolute atomic E-state index is 15.4. The number of carbonyl (C=O) groups excluding carboxylic acids is 2. The normalized spacial score (nSPS) is 20.7. The first-order valence-corrected chi connectivity index (χ1v) is 19.6. The van der Waals surface area contributed by atoms with Crippen molar-refractivity contribution in [3.05, 3.63) is 150 Å². The summed E-state index contributed by atoms with van der Waals surface area (Å²) in [5.41, 5.74) is -0.100. The lowest BCUT2D eigenvalue weighted by Gasteiger charge is -2.49. The molecule has 1 saturated carbocycles. The molecule has 1 saturated heterocycles. The van der Waals surface area contributed by atoms with Gasteiger partial charge in [-0.1, -0.05) is 60.1 Å². The Morgan fingerprint density at radius 2 is 1.58 bits per heavy atom. The number of hydrogen-bond acceptors (Lipinski definition) is 10. The number of nitrogens with zero attached hydrogens (tertiary/aromatic N) is 6. The van der Waals surface area contributed by atoms with E-state index in [0.29, 0.717) is 49.9 Å². The Balaban J connectivity index is 1.19. The molecule has 15 nitrogen and oxygen atoms in total. The highest BCUT2D eigenvalue weighted by atomic mass is 35.5. The maximum atomic E-state index is 15.4. The summed E-state index contributed by atoms with van der Waals surface area (Å²) in [6, 6.07) is 22.9. The second-order valence-electron chi connectivity index (χ2n) is 15.1. The SMILES string of the molecule is COc1ccc([C@H]2C3=CCn4c(=O)n(CCc5nc6cc(OC)c(OC)cc6n(C)c5=O)c(=O)n4[C@@H]3C[C@H]3C(=O)N(c4cccc(Cl)c4)C(=O)[C@@]23c2ccccc2)cc1O. The Hall–Kier alpha value is -6.87. The summed E-state index contributed by atoms with van der Waals surface area (Å²) in [5, 5.41) is 11.5. The van der Waals surface area contributed by atoms with Crippen molar-refractivity contribution >= 4 is 40.1 Å². The van der Waals surface area contributed by atoms with Crippen LogP contribution in [0.1, 0.15) is 35.2 Å². The van der Waals surface area contributed by atoms with Gasteiger partial charge in [-0.15, -0.1) is 0 Å². The molecule has 2 aromatic heterocycles. The van der Waals surface area contributed by atoms with Gasteiger partial charge in [-0.05, 0) is 53.5 Å². The van der Waals surface area contributed by atoms with Crippen LogP contribution in [0.15, 0.2) is 111 Å². The van der Waals surface area contributed by atoms with Crippen LogP contribution in [0.5, 0.6) is 23.0 Å². The van der Waals surface area contributed by atoms with E-state index in [4.69, 9.17) is 25.8 Å². The number of ether oxygens (including phenoxy) is 3. The number of fused-ring (bicyclic) bond motifs is 5. The summed E-state index contributed by atoms with van der Waals surface area (Å²) in [7, 11) is 6.02. The Bertz CT molecular complexity index is 2990. The quantitative estimate of drug-likeness (QED) is 0.162. The molecule has 306 valence electrons. The van der Waals surface area contributed by atoms with Gasteiger partial charge >= 0.3 is 11.4 Å². The van der Waals surface area contributed by atoms with Crippen LogP contribution in [0.2, 0.25) is 5.02 Å². The molecule has 60 heavy (non-hydrogen) atoms. The molecule has 0 unspecified atom stereocenters. The molecule has 3 aliphatic rings. The van der Waals surface area contributed by atoms with Crippen LogP contribution in [0.25, 0.3) is 11.0 Å². The first-order chi connectivity index (χ1) is 28.9. The Morgan fingerprint density at radius 1 is 0.850 bits per heavy atom. The zero-order valence-corrected chi connectivity index (χ0v) is 33.8. The zero-order valence-electron chi connectivity index (χ0n) is 33.0. The van der Waals surface area contributed by atoms with E-state index in [9.17, 15) is 24.3 Å². The van der Waals surface area contributed by atoms with Crippen LogP contribution < -0.4 is 36.0 Å². The van der Waals surface area contributed by atoms with Crippen molar-refractivity contribution in [2.45, 2.75) is 43.3 Å². The van der Waals surface area contributed by atoms with Gasteiger partial charge in [0.1, 0.15) is 5.69 Å². The number of aromatic hydroxyl groups is 1. The van der Waals surface area contributed by atoms with E-state index >= 15 is 4.79 Å². The smallest absolute Gasteiger partial charge is 0.347 e. The molecule has 4 heterocycles. The average Bonchev–Trinajstić information content (AvgIpc) is 3.64. The van der Waals surface area contributed by atoms with Crippen LogP contribution in [0.4, 0.5) is 5.69 Å². The minimum absolute atomic E-state index is 0.0115. The van der Waals surface area contributed by atoms with Crippen molar-refractivity contribution in [1.29, 1.82) is 0 Å². The third kappa shape index (κ3) is 5.55. The lowest BCUT2D eigenvalue weighted by Crippen LogP contribution is -2.53. The predicted octanol–water partition coefficient (Wildman–Crippen LogP) is 4.48. The highest BCUT2D eigenvalue weighted by molar-refractivity contribution is 6.32. The molecule has 0 spiro atoms. The molecule has 4 atom stereocenters. The van der Waals surface area contributed by atoms with Crippen molar-refractivity contribution in [1.82, 2.24) is 23.5 Å². The first-order valence-electron chi connectivity index (χ1n) is 19.2. The summed E-state index contributed by atoms with van der Waals surface area (Å²) in [6.45, 7) is -0.195. The molecule has 2 aliphatic heterocycles. The number of phenolic OH excluding ortho intramolecular Hbond substituents is 1. The van der Waals surface area contributed by atoms with Gasteiger partial charge in [0.2, 0.25) is 11.8 Å². The summed E-state index contributed by atoms with van der Waals surface area (Å²) in [5.74, 6) is -2.04. The second kappa shape index (κ2) is 14.4. The number of hydrogen-bond donors (Lipinski definition) is 1. The van der Waals surface area contributed by atoms with Gasteiger partial charge in [-0.3, -0.25) is 14.4 Å². The largest absolute Gasteiger partial charge is 0.504 e. The molecule has 2 amide bonds. The topological polar surface area (TPSA) is 169 Å². The number of imide groups is 1. The maximum Gasteiger partial charge on any atom is 0.347 e. The van der Waals surface area contributed by atoms with E-state index in [1.165, 1.54) is 46.2 Å². The van der Waals surface area contributed by atoms with Crippen molar-refractivity contribution in [3.8, 4) is 23.0 Å². The number of methoxy groups -OCH3 is 3. The van der Waals surface area contributed by atoms with Crippen LogP contribution in [-0.4, -0.2) is 61.7 Å². The molecule has 4 aromatic carbocycles. The molecule has 6 aromatic rings. The van der Waals surface area contributed by atoms with Gasteiger partial charge < -0.3 is 23.9 Å². The number of halogens is 1. The Kier molecular flexibility index (Phi) is 9.30. The van der Waals surface area contributed by atoms with Gasteiger partial charge in [0, 0.05) is 43.1 Å². The van der Waals surface area contributed by atoms with E-state index < -0.39 is 52.0 Å². The average molecular weight is 831 g/mol. The fourth-order valence-corrected chi connectivity index (χ4v) is 9.78. The lowest BCUT2D eigenvalue weighted by atomic mass is 9.53. The molecule has 9 rings (SSSR count). The minimum Gasteiger partial charge on any atom is -0.504 e. The summed E-state index contributed by atoms with van der Waals surface area (Å²) in [4.78, 5) is 78.5. The fourth-order valence-electron chi connectivity index (χ4n) is 9.60. The van der Waals surface area contributed by atoms with Gasteiger partial charge in [0.05, 0.1) is 62.0 Å².